The number of carboxylic acids is 1. The quantitative estimate of drug-likeness (QED) is 0.516. The molecule has 0 bridgehead atoms. The minimum absolute atomic E-state index is 0.140. The first-order chi connectivity index (χ1) is 7.15. The van der Waals surface area contributed by atoms with Crippen molar-refractivity contribution in [3.8, 4) is 5.75 Å². The van der Waals surface area contributed by atoms with E-state index in [0.29, 0.717) is 12.0 Å². The van der Waals surface area contributed by atoms with Crippen molar-refractivity contribution in [2.24, 2.45) is 0 Å². The summed E-state index contributed by atoms with van der Waals surface area (Å²) < 4.78 is 4.89. The summed E-state index contributed by atoms with van der Waals surface area (Å²) in [5, 5.41) is 8.76. The maximum Gasteiger partial charge on any atom is 0.373 e. The van der Waals surface area contributed by atoms with Gasteiger partial charge >= 0.3 is 5.97 Å². The monoisotopic (exact) mass is 270 g/mol. The average Bonchev–Trinajstić information content (AvgIpc) is 2.26. The van der Waals surface area contributed by atoms with Crippen molar-refractivity contribution >= 4 is 28.2 Å². The van der Waals surface area contributed by atoms with Crippen LogP contribution < -0.4 is 4.74 Å². The van der Waals surface area contributed by atoms with Gasteiger partial charge in [0.2, 0.25) is 5.76 Å². The molecule has 4 nitrogen and oxygen atoms in total. The van der Waals surface area contributed by atoms with Gasteiger partial charge in [0.05, 0.1) is 0 Å². The number of hydrogen-bond donors (Lipinski definition) is 1. The Kier molecular flexibility index (Phi) is 4.05. The standard InChI is InChI=1S/C10H7BrO4/c11-8(6-12)9(10(13)14)15-7-4-2-1-3-5-7/h1-6H,(H,13,14)/b9-8-. The van der Waals surface area contributed by atoms with E-state index >= 15 is 0 Å². The van der Waals surface area contributed by atoms with E-state index in [4.69, 9.17) is 9.84 Å². The largest absolute Gasteiger partial charge is 0.475 e. The first-order valence-corrected chi connectivity index (χ1v) is 4.75. The van der Waals surface area contributed by atoms with Crippen LogP contribution in [0, 0.1) is 0 Å². The Labute approximate surface area is 94.3 Å². The molecule has 0 aliphatic rings. The van der Waals surface area contributed by atoms with Crippen LogP contribution in [0.2, 0.25) is 0 Å². The topological polar surface area (TPSA) is 63.6 Å². The molecule has 15 heavy (non-hydrogen) atoms. The van der Waals surface area contributed by atoms with Crippen molar-refractivity contribution < 1.29 is 19.4 Å². The van der Waals surface area contributed by atoms with Crippen LogP contribution in [-0.4, -0.2) is 17.4 Å². The fraction of sp³-hybridized carbons (Fsp3) is 0. The highest BCUT2D eigenvalue weighted by Gasteiger charge is 2.14. The van der Waals surface area contributed by atoms with Gasteiger partial charge in [0.1, 0.15) is 10.2 Å². The smallest absolute Gasteiger partial charge is 0.373 e. The predicted molar refractivity (Wildman–Crippen MR) is 56.7 cm³/mol. The second-order valence-corrected chi connectivity index (χ2v) is 3.37. The molecule has 0 amide bonds. The molecule has 0 aliphatic heterocycles. The van der Waals surface area contributed by atoms with Gasteiger partial charge in [-0.3, -0.25) is 4.79 Å². The number of carbonyl (C=O) groups excluding carboxylic acids is 1. The Morgan fingerprint density at radius 2 is 1.93 bits per heavy atom. The van der Waals surface area contributed by atoms with Gasteiger partial charge in [0, 0.05) is 0 Å². The van der Waals surface area contributed by atoms with Crippen molar-refractivity contribution in [1.29, 1.82) is 0 Å². The van der Waals surface area contributed by atoms with Crippen molar-refractivity contribution in [2.75, 3.05) is 0 Å². The zero-order chi connectivity index (χ0) is 11.3. The summed E-state index contributed by atoms with van der Waals surface area (Å²) in [5.74, 6) is -1.39. The summed E-state index contributed by atoms with van der Waals surface area (Å²) in [6.45, 7) is 0. The van der Waals surface area contributed by atoms with E-state index in [1.807, 2.05) is 0 Å². The third-order valence-corrected chi connectivity index (χ3v) is 2.02. The number of aldehydes is 1. The molecule has 78 valence electrons. The highest BCUT2D eigenvalue weighted by molar-refractivity contribution is 9.12. The first-order valence-electron chi connectivity index (χ1n) is 3.96. The van der Waals surface area contributed by atoms with Gasteiger partial charge in [-0.05, 0) is 28.1 Å². The zero-order valence-electron chi connectivity index (χ0n) is 7.51. The van der Waals surface area contributed by atoms with Gasteiger partial charge in [-0.15, -0.1) is 0 Å². The number of carboxylic acid groups (broad SMARTS) is 1. The lowest BCUT2D eigenvalue weighted by Crippen LogP contribution is -2.10. The van der Waals surface area contributed by atoms with Gasteiger partial charge in [0.15, 0.2) is 6.29 Å². The van der Waals surface area contributed by atoms with Crippen molar-refractivity contribution in [2.45, 2.75) is 0 Å². The SMILES string of the molecule is O=C/C(Br)=C(/Oc1ccccc1)C(=O)O. The lowest BCUT2D eigenvalue weighted by Gasteiger charge is -2.05. The van der Waals surface area contributed by atoms with Crippen molar-refractivity contribution in [3.63, 3.8) is 0 Å². The molecule has 1 N–H and O–H groups in total. The molecular weight excluding hydrogens is 264 g/mol. The van der Waals surface area contributed by atoms with Gasteiger partial charge in [-0.25, -0.2) is 4.79 Å². The summed E-state index contributed by atoms with van der Waals surface area (Å²) in [7, 11) is 0. The Morgan fingerprint density at radius 1 is 1.33 bits per heavy atom. The molecule has 1 aromatic carbocycles. The number of hydrogen-bond acceptors (Lipinski definition) is 3. The molecular formula is C10H7BrO4. The van der Waals surface area contributed by atoms with Gasteiger partial charge < -0.3 is 9.84 Å². The van der Waals surface area contributed by atoms with Crippen LogP contribution in [0.15, 0.2) is 40.6 Å². The van der Waals surface area contributed by atoms with E-state index in [2.05, 4.69) is 15.9 Å². The molecule has 1 rings (SSSR count). The number of allylic oxidation sites excluding steroid dienone is 1. The number of halogens is 1. The molecule has 5 heteroatoms. The molecule has 0 radical (unpaired) electrons. The van der Waals surface area contributed by atoms with Crippen LogP contribution in [-0.2, 0) is 9.59 Å². The molecule has 0 fully saturated rings. The average molecular weight is 271 g/mol. The number of benzene rings is 1. The summed E-state index contributed by atoms with van der Waals surface area (Å²) in [5.41, 5.74) is 0. The van der Waals surface area contributed by atoms with Crippen LogP contribution in [0.1, 0.15) is 0 Å². The Bertz CT molecular complexity index is 397. The second-order valence-electron chi connectivity index (χ2n) is 2.52. The second kappa shape index (κ2) is 5.31. The third-order valence-electron chi connectivity index (χ3n) is 1.48. The molecule has 0 unspecified atom stereocenters. The predicted octanol–water partition coefficient (Wildman–Crippen LogP) is 1.96. The van der Waals surface area contributed by atoms with E-state index in [-0.39, 0.29) is 4.48 Å². The molecule has 0 saturated carbocycles. The zero-order valence-corrected chi connectivity index (χ0v) is 9.10. The Hall–Kier alpha value is -1.62. The van der Waals surface area contributed by atoms with Gasteiger partial charge in [0.25, 0.3) is 0 Å². The Morgan fingerprint density at radius 3 is 2.40 bits per heavy atom. The Balaban J connectivity index is 2.96. The van der Waals surface area contributed by atoms with Crippen LogP contribution in [0.5, 0.6) is 5.75 Å². The van der Waals surface area contributed by atoms with Crippen LogP contribution in [0.4, 0.5) is 0 Å². The van der Waals surface area contributed by atoms with E-state index in [9.17, 15) is 9.59 Å². The highest BCUT2D eigenvalue weighted by atomic mass is 79.9. The molecule has 0 heterocycles. The molecule has 1 aromatic rings. The summed E-state index contributed by atoms with van der Waals surface area (Å²) in [4.78, 5) is 21.1. The van der Waals surface area contributed by atoms with E-state index in [1.54, 1.807) is 30.3 Å². The molecule has 0 spiro atoms. The van der Waals surface area contributed by atoms with Crippen LogP contribution >= 0.6 is 15.9 Å². The number of rotatable bonds is 4. The highest BCUT2D eigenvalue weighted by Crippen LogP contribution is 2.17. The lowest BCUT2D eigenvalue weighted by molar-refractivity contribution is -0.135. The number of ether oxygens (including phenoxy) is 1. The summed E-state index contributed by atoms with van der Waals surface area (Å²) in [6.07, 6.45) is 0.367. The summed E-state index contributed by atoms with van der Waals surface area (Å²) in [6, 6.07) is 8.35. The fourth-order valence-electron chi connectivity index (χ4n) is 0.854. The lowest BCUT2D eigenvalue weighted by atomic mass is 10.3. The normalized spacial score (nSPS) is 11.5. The van der Waals surface area contributed by atoms with E-state index in [0.717, 1.165) is 0 Å². The molecule has 0 aromatic heterocycles. The van der Waals surface area contributed by atoms with Gasteiger partial charge in [-0.1, -0.05) is 18.2 Å². The number of para-hydroxylation sites is 1. The first kappa shape index (κ1) is 11.5. The fourth-order valence-corrected chi connectivity index (χ4v) is 1.10. The van der Waals surface area contributed by atoms with Crippen molar-refractivity contribution in [3.05, 3.63) is 40.6 Å². The van der Waals surface area contributed by atoms with E-state index < -0.39 is 11.7 Å². The third kappa shape index (κ3) is 3.21. The van der Waals surface area contributed by atoms with Crippen LogP contribution in [0.25, 0.3) is 0 Å². The molecule has 0 atom stereocenters. The minimum atomic E-state index is -1.31. The minimum Gasteiger partial charge on any atom is -0.475 e. The summed E-state index contributed by atoms with van der Waals surface area (Å²) >= 11 is 2.81. The maximum absolute atomic E-state index is 10.7. The molecule has 0 aliphatic carbocycles. The van der Waals surface area contributed by atoms with Crippen LogP contribution in [0.3, 0.4) is 0 Å². The maximum atomic E-state index is 10.7. The van der Waals surface area contributed by atoms with Crippen molar-refractivity contribution in [1.82, 2.24) is 0 Å². The number of carbonyl (C=O) groups is 2. The van der Waals surface area contributed by atoms with E-state index in [1.165, 1.54) is 0 Å². The number of aliphatic carboxylic acids is 1. The van der Waals surface area contributed by atoms with Gasteiger partial charge in [-0.2, -0.15) is 0 Å². The molecule has 0 saturated heterocycles.